The minimum absolute atomic E-state index is 0.0128. The lowest BCUT2D eigenvalue weighted by molar-refractivity contribution is 0.356. The highest BCUT2D eigenvalue weighted by molar-refractivity contribution is 9.09. The number of halogens is 1. The van der Waals surface area contributed by atoms with Gasteiger partial charge in [0.25, 0.3) is 10.0 Å². The number of sulfonamides is 1. The Balaban J connectivity index is 3.00. The van der Waals surface area contributed by atoms with Crippen LogP contribution in [0.4, 0.5) is 0 Å². The Labute approximate surface area is 122 Å². The lowest BCUT2D eigenvalue weighted by Gasteiger charge is -2.24. The molecule has 3 nitrogen and oxygen atoms in total. The molecular formula is C12H20BrNO2S2. The summed E-state index contributed by atoms with van der Waals surface area (Å²) in [4.78, 5) is 1.11. The van der Waals surface area contributed by atoms with Crippen molar-refractivity contribution in [2.75, 3.05) is 11.9 Å². The van der Waals surface area contributed by atoms with Gasteiger partial charge in [-0.3, -0.25) is 0 Å². The molecule has 0 aromatic carbocycles. The number of aryl methyl sites for hydroxylation is 1. The maximum Gasteiger partial charge on any atom is 0.252 e. The monoisotopic (exact) mass is 353 g/mol. The summed E-state index contributed by atoms with van der Waals surface area (Å²) in [7, 11) is -3.33. The molecule has 0 aliphatic carbocycles. The largest absolute Gasteiger partial charge is 0.252 e. The fourth-order valence-electron chi connectivity index (χ4n) is 1.67. The van der Waals surface area contributed by atoms with Gasteiger partial charge in [0.2, 0.25) is 0 Å². The highest BCUT2D eigenvalue weighted by atomic mass is 79.9. The highest BCUT2D eigenvalue weighted by Crippen LogP contribution is 2.26. The molecule has 1 rings (SSSR count). The molecule has 0 aliphatic rings. The Hall–Kier alpha value is 0.0900. The van der Waals surface area contributed by atoms with Crippen LogP contribution in [0.25, 0.3) is 0 Å². The second kappa shape index (κ2) is 7.03. The van der Waals surface area contributed by atoms with E-state index in [9.17, 15) is 8.42 Å². The Morgan fingerprint density at radius 3 is 2.50 bits per heavy atom. The van der Waals surface area contributed by atoms with Crippen molar-refractivity contribution in [2.45, 2.75) is 43.9 Å². The van der Waals surface area contributed by atoms with Crippen molar-refractivity contribution in [3.63, 3.8) is 0 Å². The maximum atomic E-state index is 12.5. The Morgan fingerprint density at radius 2 is 2.06 bits per heavy atom. The molecule has 0 spiro atoms. The first-order chi connectivity index (χ1) is 8.43. The summed E-state index contributed by atoms with van der Waals surface area (Å²) >= 11 is 4.72. The molecule has 0 atom stereocenters. The average Bonchev–Trinajstić information content (AvgIpc) is 2.77. The molecule has 0 aliphatic heterocycles. The number of alkyl halides is 1. The topological polar surface area (TPSA) is 37.4 Å². The van der Waals surface area contributed by atoms with E-state index in [0.29, 0.717) is 10.8 Å². The number of thiophene rings is 1. The van der Waals surface area contributed by atoms with Crippen LogP contribution >= 0.6 is 27.3 Å². The average molecular weight is 354 g/mol. The zero-order chi connectivity index (χ0) is 13.8. The first kappa shape index (κ1) is 16.1. The van der Waals surface area contributed by atoms with E-state index >= 15 is 0 Å². The van der Waals surface area contributed by atoms with Gasteiger partial charge >= 0.3 is 0 Å². The second-order valence-electron chi connectivity index (χ2n) is 4.33. The van der Waals surface area contributed by atoms with Gasteiger partial charge in [-0.15, -0.1) is 11.3 Å². The second-order valence-corrected chi connectivity index (χ2v) is 8.41. The third-order valence-electron chi connectivity index (χ3n) is 2.64. The van der Waals surface area contributed by atoms with Gasteiger partial charge in [-0.1, -0.05) is 22.9 Å². The Bertz CT molecular complexity index is 468. The van der Waals surface area contributed by atoms with Crippen molar-refractivity contribution in [3.8, 4) is 0 Å². The summed E-state index contributed by atoms with van der Waals surface area (Å²) in [5.74, 6) is 0. The van der Waals surface area contributed by atoms with Crippen LogP contribution in [0.2, 0.25) is 0 Å². The number of hydrogen-bond acceptors (Lipinski definition) is 3. The Morgan fingerprint density at radius 1 is 1.39 bits per heavy atom. The predicted molar refractivity (Wildman–Crippen MR) is 81.1 cm³/mol. The van der Waals surface area contributed by atoms with Gasteiger partial charge in [-0.05, 0) is 38.8 Å². The molecule has 1 aromatic heterocycles. The van der Waals surface area contributed by atoms with E-state index in [-0.39, 0.29) is 6.04 Å². The molecular weight excluding hydrogens is 334 g/mol. The molecule has 0 fully saturated rings. The van der Waals surface area contributed by atoms with Gasteiger partial charge < -0.3 is 0 Å². The predicted octanol–water partition coefficient (Wildman–Crippen LogP) is 3.49. The smallest absolute Gasteiger partial charge is 0.206 e. The van der Waals surface area contributed by atoms with Crippen molar-refractivity contribution in [1.29, 1.82) is 0 Å². The molecule has 0 unspecified atom stereocenters. The zero-order valence-electron chi connectivity index (χ0n) is 11.0. The summed E-state index contributed by atoms with van der Waals surface area (Å²) in [5.41, 5.74) is 0. The van der Waals surface area contributed by atoms with Crippen LogP contribution in [0.15, 0.2) is 16.3 Å². The Kier molecular flexibility index (Phi) is 6.30. The standard InChI is InChI=1S/C12H20BrNO2S2/c1-4-11-6-7-12(17-11)18(15,16)14(10(2)3)9-5-8-13/h6-7,10H,4-5,8-9H2,1-3H3. The molecule has 0 saturated carbocycles. The number of nitrogens with zero attached hydrogens (tertiary/aromatic N) is 1. The van der Waals surface area contributed by atoms with Gasteiger partial charge in [0.15, 0.2) is 0 Å². The van der Waals surface area contributed by atoms with Crippen LogP contribution in [-0.4, -0.2) is 30.6 Å². The summed E-state index contributed by atoms with van der Waals surface area (Å²) < 4.78 is 27.1. The van der Waals surface area contributed by atoms with Gasteiger partial charge in [-0.25, -0.2) is 8.42 Å². The molecule has 0 bridgehead atoms. The summed E-state index contributed by atoms with van der Waals surface area (Å²) in [5, 5.41) is 0.816. The minimum Gasteiger partial charge on any atom is -0.206 e. The molecule has 0 saturated heterocycles. The van der Waals surface area contributed by atoms with Gasteiger partial charge in [0.1, 0.15) is 4.21 Å². The van der Waals surface area contributed by atoms with Crippen LogP contribution in [-0.2, 0) is 16.4 Å². The first-order valence-corrected chi connectivity index (χ1v) is 9.47. The summed E-state index contributed by atoms with van der Waals surface area (Å²) in [6.07, 6.45) is 1.70. The highest BCUT2D eigenvalue weighted by Gasteiger charge is 2.27. The number of rotatable bonds is 7. The van der Waals surface area contributed by atoms with Crippen molar-refractivity contribution in [3.05, 3.63) is 17.0 Å². The van der Waals surface area contributed by atoms with E-state index in [0.717, 1.165) is 23.0 Å². The van der Waals surface area contributed by atoms with Crippen molar-refractivity contribution in [1.82, 2.24) is 4.31 Å². The van der Waals surface area contributed by atoms with Crippen LogP contribution < -0.4 is 0 Å². The SMILES string of the molecule is CCc1ccc(S(=O)(=O)N(CCCBr)C(C)C)s1. The van der Waals surface area contributed by atoms with E-state index in [2.05, 4.69) is 15.9 Å². The van der Waals surface area contributed by atoms with Crippen molar-refractivity contribution in [2.24, 2.45) is 0 Å². The lowest BCUT2D eigenvalue weighted by atomic mass is 10.4. The summed E-state index contributed by atoms with van der Waals surface area (Å²) in [6.45, 7) is 6.43. The van der Waals surface area contributed by atoms with Gasteiger partial charge in [0, 0.05) is 22.8 Å². The van der Waals surface area contributed by atoms with Crippen LogP contribution in [0.3, 0.4) is 0 Å². The molecule has 18 heavy (non-hydrogen) atoms. The fourth-order valence-corrected chi connectivity index (χ4v) is 5.02. The molecule has 1 aromatic rings. The lowest BCUT2D eigenvalue weighted by Crippen LogP contribution is -2.37. The van der Waals surface area contributed by atoms with Crippen molar-refractivity contribution >= 4 is 37.3 Å². The quantitative estimate of drug-likeness (QED) is 0.703. The van der Waals surface area contributed by atoms with Gasteiger partial charge in [0.05, 0.1) is 0 Å². The minimum atomic E-state index is -3.33. The van der Waals surface area contributed by atoms with Gasteiger partial charge in [-0.2, -0.15) is 4.31 Å². The van der Waals surface area contributed by atoms with E-state index in [4.69, 9.17) is 0 Å². The van der Waals surface area contributed by atoms with Crippen LogP contribution in [0.1, 0.15) is 32.1 Å². The molecule has 0 N–H and O–H groups in total. The van der Waals surface area contributed by atoms with E-state index in [1.54, 1.807) is 10.4 Å². The molecule has 6 heteroatoms. The summed E-state index contributed by atoms with van der Waals surface area (Å²) in [6, 6.07) is 3.62. The van der Waals surface area contributed by atoms with Crippen molar-refractivity contribution < 1.29 is 8.42 Å². The van der Waals surface area contributed by atoms with Crippen LogP contribution in [0.5, 0.6) is 0 Å². The first-order valence-electron chi connectivity index (χ1n) is 6.10. The van der Waals surface area contributed by atoms with Crippen LogP contribution in [0, 0.1) is 0 Å². The molecule has 0 radical (unpaired) electrons. The maximum absolute atomic E-state index is 12.5. The fraction of sp³-hybridized carbons (Fsp3) is 0.667. The normalized spacial score (nSPS) is 12.6. The van der Waals surface area contributed by atoms with E-state index in [1.165, 1.54) is 11.3 Å². The molecule has 0 amide bonds. The third kappa shape index (κ3) is 3.79. The molecule has 1 heterocycles. The van der Waals surface area contributed by atoms with E-state index in [1.807, 2.05) is 26.8 Å². The number of hydrogen-bond donors (Lipinski definition) is 0. The molecule has 104 valence electrons. The zero-order valence-corrected chi connectivity index (χ0v) is 14.2. The third-order valence-corrected chi connectivity index (χ3v) is 6.97. The van der Waals surface area contributed by atoms with E-state index < -0.39 is 10.0 Å².